The molecule has 3 aromatic rings. The van der Waals surface area contributed by atoms with Crippen molar-refractivity contribution < 1.29 is 14.5 Å². The summed E-state index contributed by atoms with van der Waals surface area (Å²) in [7, 11) is 1.54. The molecule has 0 unspecified atom stereocenters. The minimum Gasteiger partial charge on any atom is -0.355 e. The van der Waals surface area contributed by atoms with Gasteiger partial charge in [0, 0.05) is 34.1 Å². The van der Waals surface area contributed by atoms with Crippen molar-refractivity contribution in [2.45, 2.75) is 13.8 Å². The Morgan fingerprint density at radius 1 is 1.12 bits per heavy atom. The molecule has 0 aliphatic heterocycles. The number of thiophene rings is 2. The quantitative estimate of drug-likeness (QED) is 0.518. The summed E-state index contributed by atoms with van der Waals surface area (Å²) in [5.74, 6) is -0.602. The highest BCUT2D eigenvalue weighted by molar-refractivity contribution is 7.21. The highest BCUT2D eigenvalue weighted by Gasteiger charge is 2.21. The maximum absolute atomic E-state index is 12.6. The van der Waals surface area contributed by atoms with Crippen molar-refractivity contribution in [3.8, 4) is 0 Å². The first-order valence-corrected chi connectivity index (χ1v) is 9.26. The summed E-state index contributed by atoms with van der Waals surface area (Å²) in [6, 6.07) is 6.10. The van der Waals surface area contributed by atoms with Crippen LogP contribution < -0.4 is 10.6 Å². The molecule has 26 heavy (non-hydrogen) atoms. The maximum Gasteiger partial charge on any atom is 0.270 e. The minimum absolute atomic E-state index is 0.0198. The van der Waals surface area contributed by atoms with Crippen molar-refractivity contribution >= 4 is 55.3 Å². The third-order valence-corrected chi connectivity index (χ3v) is 6.24. The predicted molar refractivity (Wildman–Crippen MR) is 104 cm³/mol. The molecule has 0 aliphatic rings. The molecule has 0 saturated heterocycles. The van der Waals surface area contributed by atoms with E-state index in [0.717, 1.165) is 15.1 Å². The average Bonchev–Trinajstić information content (AvgIpc) is 3.15. The van der Waals surface area contributed by atoms with Crippen LogP contribution in [0.1, 0.15) is 30.5 Å². The van der Waals surface area contributed by atoms with Crippen LogP contribution in [0.15, 0.2) is 24.3 Å². The number of hydrogen-bond donors (Lipinski definition) is 2. The molecule has 1 aromatic carbocycles. The molecular formula is C17H15N3O4S2. The molecule has 2 amide bonds. The number of rotatable bonds is 4. The summed E-state index contributed by atoms with van der Waals surface area (Å²) in [5, 5.41) is 17.4. The fourth-order valence-corrected chi connectivity index (χ4v) is 4.53. The largest absolute Gasteiger partial charge is 0.355 e. The van der Waals surface area contributed by atoms with E-state index >= 15 is 0 Å². The summed E-state index contributed by atoms with van der Waals surface area (Å²) in [5.41, 5.74) is 1.27. The fraction of sp³-hybridized carbons (Fsp3) is 0.176. The van der Waals surface area contributed by atoms with Crippen LogP contribution in [0, 0.1) is 24.0 Å². The minimum atomic E-state index is -0.469. The van der Waals surface area contributed by atoms with Crippen molar-refractivity contribution in [3.63, 3.8) is 0 Å². The zero-order valence-corrected chi connectivity index (χ0v) is 15.8. The lowest BCUT2D eigenvalue weighted by atomic mass is 10.1. The smallest absolute Gasteiger partial charge is 0.270 e. The molecule has 0 fully saturated rings. The van der Waals surface area contributed by atoms with Crippen LogP contribution in [-0.2, 0) is 0 Å². The summed E-state index contributed by atoms with van der Waals surface area (Å²) in [6.45, 7) is 3.73. The van der Waals surface area contributed by atoms with Crippen LogP contribution in [0.2, 0.25) is 0 Å². The molecule has 0 saturated carbocycles. The molecule has 2 N–H and O–H groups in total. The first kappa shape index (κ1) is 18.0. The Bertz CT molecular complexity index is 1050. The lowest BCUT2D eigenvalue weighted by Gasteiger charge is -2.05. The normalized spacial score (nSPS) is 10.7. The number of hydrogen-bond acceptors (Lipinski definition) is 6. The number of amides is 2. The summed E-state index contributed by atoms with van der Waals surface area (Å²) in [6.07, 6.45) is 0. The second kappa shape index (κ2) is 6.85. The van der Waals surface area contributed by atoms with Gasteiger partial charge >= 0.3 is 0 Å². The van der Waals surface area contributed by atoms with Gasteiger partial charge in [0.1, 0.15) is 5.00 Å². The number of non-ortho nitro benzene ring substituents is 1. The zero-order valence-electron chi connectivity index (χ0n) is 14.2. The number of nitro groups is 1. The zero-order chi connectivity index (χ0) is 19.0. The van der Waals surface area contributed by atoms with Crippen LogP contribution in [0.5, 0.6) is 0 Å². The van der Waals surface area contributed by atoms with Gasteiger partial charge in [-0.05, 0) is 31.5 Å². The Morgan fingerprint density at radius 3 is 2.50 bits per heavy atom. The number of nitrogens with zero attached hydrogens (tertiary/aromatic N) is 1. The number of carbonyl (C=O) groups excluding carboxylic acids is 2. The molecule has 7 nitrogen and oxygen atoms in total. The fourth-order valence-electron chi connectivity index (χ4n) is 2.53. The van der Waals surface area contributed by atoms with Gasteiger partial charge in [-0.3, -0.25) is 19.7 Å². The SMILES string of the molecule is CNC(=O)c1c(NC(=O)c2cc3cc([N+](=O)[O-])ccc3s2)sc(C)c1C. The molecule has 0 radical (unpaired) electrons. The van der Waals surface area contributed by atoms with Gasteiger partial charge in [0.2, 0.25) is 0 Å². The summed E-state index contributed by atoms with van der Waals surface area (Å²) < 4.78 is 0.783. The molecule has 0 aliphatic carbocycles. The predicted octanol–water partition coefficient (Wildman–Crippen LogP) is 4.10. The number of aryl methyl sites for hydroxylation is 1. The van der Waals surface area contributed by atoms with Gasteiger partial charge in [0.05, 0.1) is 15.4 Å². The highest BCUT2D eigenvalue weighted by Crippen LogP contribution is 2.34. The number of anilines is 1. The van der Waals surface area contributed by atoms with E-state index < -0.39 is 4.92 Å². The second-order valence-electron chi connectivity index (χ2n) is 5.61. The van der Waals surface area contributed by atoms with E-state index in [2.05, 4.69) is 10.6 Å². The van der Waals surface area contributed by atoms with Crippen LogP contribution >= 0.6 is 22.7 Å². The Kier molecular flexibility index (Phi) is 4.75. The van der Waals surface area contributed by atoms with E-state index in [9.17, 15) is 19.7 Å². The lowest BCUT2D eigenvalue weighted by molar-refractivity contribution is -0.384. The molecule has 0 atom stereocenters. The van der Waals surface area contributed by atoms with Crippen molar-refractivity contribution in [3.05, 3.63) is 55.3 Å². The topological polar surface area (TPSA) is 101 Å². The summed E-state index contributed by atoms with van der Waals surface area (Å²) in [4.78, 5) is 36.5. The number of nitro benzene ring substituents is 1. The average molecular weight is 389 g/mol. The third kappa shape index (κ3) is 3.18. The first-order valence-electron chi connectivity index (χ1n) is 7.63. The van der Waals surface area contributed by atoms with Crippen molar-refractivity contribution in [1.82, 2.24) is 5.32 Å². The van der Waals surface area contributed by atoms with E-state index in [0.29, 0.717) is 20.8 Å². The molecule has 134 valence electrons. The number of nitrogens with one attached hydrogen (secondary N) is 2. The Morgan fingerprint density at radius 2 is 1.85 bits per heavy atom. The lowest BCUT2D eigenvalue weighted by Crippen LogP contribution is -2.20. The molecule has 9 heteroatoms. The van der Waals surface area contributed by atoms with Crippen LogP contribution in [-0.4, -0.2) is 23.8 Å². The van der Waals surface area contributed by atoms with E-state index in [1.807, 2.05) is 13.8 Å². The summed E-state index contributed by atoms with van der Waals surface area (Å²) >= 11 is 2.59. The van der Waals surface area contributed by atoms with E-state index in [4.69, 9.17) is 0 Å². The Labute approximate surface area is 156 Å². The van der Waals surface area contributed by atoms with Gasteiger partial charge in [-0.15, -0.1) is 22.7 Å². The molecule has 3 rings (SSSR count). The van der Waals surface area contributed by atoms with E-state index in [-0.39, 0.29) is 17.5 Å². The standard InChI is InChI=1S/C17H15N3O4S2/c1-8-9(2)25-17(14(8)16(22)18-3)19-15(21)13-7-10-6-11(20(23)24)4-5-12(10)26-13/h4-7H,1-3H3,(H,18,22)(H,19,21). The van der Waals surface area contributed by atoms with Crippen molar-refractivity contribution in [1.29, 1.82) is 0 Å². The van der Waals surface area contributed by atoms with Crippen LogP contribution in [0.4, 0.5) is 10.7 Å². The number of carbonyl (C=O) groups is 2. The van der Waals surface area contributed by atoms with Crippen LogP contribution in [0.3, 0.4) is 0 Å². The third-order valence-electron chi connectivity index (χ3n) is 4.00. The van der Waals surface area contributed by atoms with Gasteiger partial charge in [0.15, 0.2) is 0 Å². The van der Waals surface area contributed by atoms with Gasteiger partial charge in [0.25, 0.3) is 17.5 Å². The van der Waals surface area contributed by atoms with Crippen molar-refractivity contribution in [2.24, 2.45) is 0 Å². The van der Waals surface area contributed by atoms with Crippen LogP contribution in [0.25, 0.3) is 10.1 Å². The monoisotopic (exact) mass is 389 g/mol. The van der Waals surface area contributed by atoms with E-state index in [1.165, 1.54) is 34.8 Å². The molecule has 0 bridgehead atoms. The number of benzene rings is 1. The van der Waals surface area contributed by atoms with Gasteiger partial charge < -0.3 is 10.6 Å². The Hall–Kier alpha value is -2.78. The first-order chi connectivity index (χ1) is 12.3. The van der Waals surface area contributed by atoms with Crippen molar-refractivity contribution in [2.75, 3.05) is 12.4 Å². The number of fused-ring (bicyclic) bond motifs is 1. The Balaban J connectivity index is 1.94. The maximum atomic E-state index is 12.6. The molecule has 2 heterocycles. The molecular weight excluding hydrogens is 374 g/mol. The van der Waals surface area contributed by atoms with Gasteiger partial charge in [-0.2, -0.15) is 0 Å². The second-order valence-corrected chi connectivity index (χ2v) is 7.92. The highest BCUT2D eigenvalue weighted by atomic mass is 32.1. The molecule has 0 spiro atoms. The molecule has 2 aromatic heterocycles. The van der Waals surface area contributed by atoms with E-state index in [1.54, 1.807) is 19.2 Å². The van der Waals surface area contributed by atoms with Gasteiger partial charge in [-0.1, -0.05) is 0 Å². The van der Waals surface area contributed by atoms with Gasteiger partial charge in [-0.25, -0.2) is 0 Å².